The quantitative estimate of drug-likeness (QED) is 0.508. The Morgan fingerprint density at radius 2 is 1.71 bits per heavy atom. The molecule has 1 aliphatic heterocycles. The topological polar surface area (TPSA) is 27.7 Å². The number of nitrogens with zero attached hydrogens (tertiary/aromatic N) is 2. The maximum absolute atomic E-state index is 6.09. The first kappa shape index (κ1) is 24.0. The van der Waals surface area contributed by atoms with E-state index < -0.39 is 0 Å². The van der Waals surface area contributed by atoms with Gasteiger partial charge in [-0.15, -0.1) is 0 Å². The molecule has 2 aromatic rings. The molecule has 0 aromatic heterocycles. The summed E-state index contributed by atoms with van der Waals surface area (Å²) in [4.78, 5) is 4.76. The molecule has 2 aromatic carbocycles. The van der Waals surface area contributed by atoms with E-state index in [9.17, 15) is 0 Å². The summed E-state index contributed by atoms with van der Waals surface area (Å²) in [6.45, 7) is 10.8. The van der Waals surface area contributed by atoms with Crippen LogP contribution in [0.2, 0.25) is 5.02 Å². The molecular formula is C25H34ClN3OS. The summed E-state index contributed by atoms with van der Waals surface area (Å²) >= 11 is 12.0. The highest BCUT2D eigenvalue weighted by molar-refractivity contribution is 7.80. The molecule has 1 N–H and O–H groups in total. The van der Waals surface area contributed by atoms with Gasteiger partial charge in [0.1, 0.15) is 0 Å². The van der Waals surface area contributed by atoms with E-state index in [0.29, 0.717) is 0 Å². The maximum atomic E-state index is 6.09. The number of halogens is 1. The SMILES string of the molecule is CCc1cccc(CC)c1NC(=S)N(CCCN1CCOCC1)Cc1ccc(Cl)cc1. The second-order valence-corrected chi connectivity index (χ2v) is 8.77. The van der Waals surface area contributed by atoms with Gasteiger partial charge in [-0.25, -0.2) is 0 Å². The van der Waals surface area contributed by atoms with E-state index in [-0.39, 0.29) is 0 Å². The lowest BCUT2D eigenvalue weighted by Gasteiger charge is -2.30. The van der Waals surface area contributed by atoms with E-state index in [1.807, 2.05) is 12.1 Å². The first-order valence-electron chi connectivity index (χ1n) is 11.3. The molecule has 1 fully saturated rings. The van der Waals surface area contributed by atoms with Crippen LogP contribution < -0.4 is 5.32 Å². The Balaban J connectivity index is 1.71. The van der Waals surface area contributed by atoms with Gasteiger partial charge in [-0.05, 0) is 60.3 Å². The van der Waals surface area contributed by atoms with Crippen LogP contribution in [0, 0.1) is 0 Å². The van der Waals surface area contributed by atoms with Crippen LogP contribution in [0.5, 0.6) is 0 Å². The monoisotopic (exact) mass is 459 g/mol. The highest BCUT2D eigenvalue weighted by atomic mass is 35.5. The van der Waals surface area contributed by atoms with Gasteiger partial charge in [0.25, 0.3) is 0 Å². The molecule has 1 heterocycles. The predicted molar refractivity (Wildman–Crippen MR) is 135 cm³/mol. The molecule has 0 atom stereocenters. The van der Waals surface area contributed by atoms with Crippen molar-refractivity contribution in [1.82, 2.24) is 9.80 Å². The molecule has 4 nitrogen and oxygen atoms in total. The van der Waals surface area contributed by atoms with Crippen molar-refractivity contribution in [3.05, 3.63) is 64.2 Å². The largest absolute Gasteiger partial charge is 0.379 e. The molecule has 0 radical (unpaired) electrons. The van der Waals surface area contributed by atoms with Gasteiger partial charge in [0.15, 0.2) is 5.11 Å². The Labute approximate surface area is 197 Å². The third kappa shape index (κ3) is 7.18. The number of para-hydroxylation sites is 1. The maximum Gasteiger partial charge on any atom is 0.173 e. The zero-order valence-corrected chi connectivity index (χ0v) is 20.3. The summed E-state index contributed by atoms with van der Waals surface area (Å²) in [6, 6.07) is 14.6. The van der Waals surface area contributed by atoms with Gasteiger partial charge < -0.3 is 15.0 Å². The van der Waals surface area contributed by atoms with Crippen LogP contribution in [0.3, 0.4) is 0 Å². The summed E-state index contributed by atoms with van der Waals surface area (Å²) in [5, 5.41) is 5.14. The minimum Gasteiger partial charge on any atom is -0.379 e. The number of nitrogens with one attached hydrogen (secondary N) is 1. The van der Waals surface area contributed by atoms with Gasteiger partial charge >= 0.3 is 0 Å². The number of anilines is 1. The molecule has 6 heteroatoms. The number of thiocarbonyl (C=S) groups is 1. The summed E-state index contributed by atoms with van der Waals surface area (Å²) < 4.78 is 5.47. The highest BCUT2D eigenvalue weighted by Gasteiger charge is 2.16. The molecule has 0 aliphatic carbocycles. The lowest BCUT2D eigenvalue weighted by atomic mass is 10.0. The number of rotatable bonds is 9. The predicted octanol–water partition coefficient (Wildman–Crippen LogP) is 5.39. The average Bonchev–Trinajstić information content (AvgIpc) is 2.80. The van der Waals surface area contributed by atoms with Gasteiger partial charge in [0.2, 0.25) is 0 Å². The lowest BCUT2D eigenvalue weighted by molar-refractivity contribution is 0.0368. The minimum atomic E-state index is 0.757. The molecule has 0 saturated carbocycles. The summed E-state index contributed by atoms with van der Waals surface area (Å²) in [5.41, 5.74) is 4.99. The van der Waals surface area contributed by atoms with Gasteiger partial charge in [0, 0.05) is 43.4 Å². The Hall–Kier alpha value is -1.66. The first-order chi connectivity index (χ1) is 15.1. The third-order valence-electron chi connectivity index (χ3n) is 5.81. The molecule has 1 saturated heterocycles. The van der Waals surface area contributed by atoms with Crippen LogP contribution in [0.25, 0.3) is 0 Å². The average molecular weight is 460 g/mol. The smallest absolute Gasteiger partial charge is 0.173 e. The standard InChI is InChI=1S/C25H34ClN3OS/c1-3-21-7-5-8-22(4-2)24(21)27-25(31)29(19-20-9-11-23(26)12-10-20)14-6-13-28-15-17-30-18-16-28/h5,7-12H,3-4,6,13-19H2,1-2H3,(H,27,31). The molecule has 31 heavy (non-hydrogen) atoms. The fourth-order valence-electron chi connectivity index (χ4n) is 3.96. The third-order valence-corrected chi connectivity index (χ3v) is 6.42. The van der Waals surface area contributed by atoms with Crippen LogP contribution in [0.4, 0.5) is 5.69 Å². The number of morpholine rings is 1. The number of benzene rings is 2. The lowest BCUT2D eigenvalue weighted by Crippen LogP contribution is -2.40. The normalized spacial score (nSPS) is 14.4. The zero-order chi connectivity index (χ0) is 22.1. The van der Waals surface area contributed by atoms with E-state index in [1.165, 1.54) is 22.4 Å². The molecule has 0 unspecified atom stereocenters. The van der Waals surface area contributed by atoms with Crippen LogP contribution in [0.15, 0.2) is 42.5 Å². The Bertz CT molecular complexity index is 815. The Morgan fingerprint density at radius 1 is 1.06 bits per heavy atom. The molecule has 0 bridgehead atoms. The Morgan fingerprint density at radius 3 is 2.32 bits per heavy atom. The van der Waals surface area contributed by atoms with Crippen molar-refractivity contribution >= 4 is 34.6 Å². The van der Waals surface area contributed by atoms with Crippen LogP contribution in [-0.2, 0) is 24.1 Å². The van der Waals surface area contributed by atoms with E-state index in [0.717, 1.165) is 75.3 Å². The number of ether oxygens (including phenoxy) is 1. The van der Waals surface area contributed by atoms with Crippen molar-refractivity contribution in [3.63, 3.8) is 0 Å². The number of hydrogen-bond acceptors (Lipinski definition) is 3. The van der Waals surface area contributed by atoms with Crippen molar-refractivity contribution in [2.45, 2.75) is 39.7 Å². The van der Waals surface area contributed by atoms with Crippen LogP contribution >= 0.6 is 23.8 Å². The second kappa shape index (κ2) is 12.4. The van der Waals surface area contributed by atoms with Crippen molar-refractivity contribution in [3.8, 4) is 0 Å². The van der Waals surface area contributed by atoms with Gasteiger partial charge in [-0.2, -0.15) is 0 Å². The van der Waals surface area contributed by atoms with E-state index in [4.69, 9.17) is 28.6 Å². The first-order valence-corrected chi connectivity index (χ1v) is 12.1. The molecule has 3 rings (SSSR count). The molecular weight excluding hydrogens is 426 g/mol. The highest BCUT2D eigenvalue weighted by Crippen LogP contribution is 2.23. The van der Waals surface area contributed by atoms with Crippen molar-refractivity contribution in [1.29, 1.82) is 0 Å². The van der Waals surface area contributed by atoms with Gasteiger partial charge in [-0.3, -0.25) is 4.90 Å². The van der Waals surface area contributed by atoms with Crippen LogP contribution in [0.1, 0.15) is 37.0 Å². The molecule has 168 valence electrons. The van der Waals surface area contributed by atoms with E-state index in [1.54, 1.807) is 0 Å². The van der Waals surface area contributed by atoms with Crippen molar-refractivity contribution < 1.29 is 4.74 Å². The minimum absolute atomic E-state index is 0.757. The summed E-state index contributed by atoms with van der Waals surface area (Å²) in [7, 11) is 0. The van der Waals surface area contributed by atoms with Crippen molar-refractivity contribution in [2.75, 3.05) is 44.7 Å². The fourth-order valence-corrected chi connectivity index (χ4v) is 4.35. The summed E-state index contributed by atoms with van der Waals surface area (Å²) in [6.07, 6.45) is 3.02. The molecule has 0 spiro atoms. The number of hydrogen-bond donors (Lipinski definition) is 1. The second-order valence-electron chi connectivity index (χ2n) is 7.94. The van der Waals surface area contributed by atoms with Crippen LogP contribution in [-0.4, -0.2) is 54.3 Å². The van der Waals surface area contributed by atoms with Gasteiger partial charge in [0.05, 0.1) is 13.2 Å². The van der Waals surface area contributed by atoms with Gasteiger partial charge in [-0.1, -0.05) is 55.8 Å². The fraction of sp³-hybridized carbons (Fsp3) is 0.480. The Kier molecular flexibility index (Phi) is 9.59. The van der Waals surface area contributed by atoms with E-state index in [2.05, 4.69) is 59.3 Å². The molecule has 0 amide bonds. The number of aryl methyl sites for hydroxylation is 2. The molecule has 1 aliphatic rings. The van der Waals surface area contributed by atoms with E-state index >= 15 is 0 Å². The summed E-state index contributed by atoms with van der Waals surface area (Å²) in [5.74, 6) is 0. The van der Waals surface area contributed by atoms with Crippen molar-refractivity contribution in [2.24, 2.45) is 0 Å². The zero-order valence-electron chi connectivity index (χ0n) is 18.7.